The number of carbonyl (C=O) groups excluding carboxylic acids is 1. The summed E-state index contributed by atoms with van der Waals surface area (Å²) in [5.41, 5.74) is 0.0726. The number of amides is 1. The summed E-state index contributed by atoms with van der Waals surface area (Å²) in [7, 11) is 0. The predicted molar refractivity (Wildman–Crippen MR) is 68.9 cm³/mol. The van der Waals surface area contributed by atoms with Crippen LogP contribution in [0.3, 0.4) is 0 Å². The highest BCUT2D eigenvalue weighted by Gasteiger charge is 2.51. The second kappa shape index (κ2) is 5.04. The minimum Gasteiger partial charge on any atom is -0.319 e. The van der Waals surface area contributed by atoms with Crippen molar-refractivity contribution in [1.82, 2.24) is 5.32 Å². The molecule has 2 rings (SSSR count). The second-order valence-electron chi connectivity index (χ2n) is 4.79. The van der Waals surface area contributed by atoms with Crippen molar-refractivity contribution in [2.75, 3.05) is 6.26 Å². The van der Waals surface area contributed by atoms with Gasteiger partial charge in [0.15, 0.2) is 0 Å². The van der Waals surface area contributed by atoms with Gasteiger partial charge in [-0.2, -0.15) is 10.5 Å². The molecule has 0 radical (unpaired) electrons. The molecule has 5 heteroatoms. The van der Waals surface area contributed by atoms with Crippen molar-refractivity contribution in [3.8, 4) is 12.1 Å². The van der Waals surface area contributed by atoms with E-state index in [1.165, 1.54) is 11.8 Å². The third kappa shape index (κ3) is 1.79. The van der Waals surface area contributed by atoms with Crippen LogP contribution in [-0.2, 0) is 4.79 Å². The zero-order chi connectivity index (χ0) is 13.2. The zero-order valence-corrected chi connectivity index (χ0v) is 11.1. The molecule has 94 valence electrons. The molecule has 0 aromatic carbocycles. The van der Waals surface area contributed by atoms with E-state index in [2.05, 4.69) is 17.5 Å². The molecule has 1 N–H and O–H groups in total. The lowest BCUT2D eigenvalue weighted by Gasteiger charge is -2.43. The Balaban J connectivity index is 2.57. The van der Waals surface area contributed by atoms with Crippen molar-refractivity contribution in [2.45, 2.75) is 32.1 Å². The highest BCUT2D eigenvalue weighted by Crippen LogP contribution is 2.51. The molecule has 1 aliphatic carbocycles. The molecule has 1 fully saturated rings. The van der Waals surface area contributed by atoms with Crippen LogP contribution in [0.1, 0.15) is 32.1 Å². The fourth-order valence-electron chi connectivity index (χ4n) is 3.09. The van der Waals surface area contributed by atoms with Crippen molar-refractivity contribution in [1.29, 1.82) is 10.5 Å². The summed E-state index contributed by atoms with van der Waals surface area (Å²) in [6, 6.07) is 4.36. The minimum atomic E-state index is -0.719. The maximum absolute atomic E-state index is 12.0. The number of allylic oxidation sites excluding steroid dienone is 1. The van der Waals surface area contributed by atoms with Crippen LogP contribution in [0.5, 0.6) is 0 Å². The van der Waals surface area contributed by atoms with Crippen molar-refractivity contribution in [3.05, 3.63) is 10.6 Å². The number of nitrogens with zero attached hydrogens (tertiary/aromatic N) is 2. The molecule has 0 bridgehead atoms. The lowest BCUT2D eigenvalue weighted by molar-refractivity contribution is -0.126. The Hall–Kier alpha value is -1.46. The Bertz CT molecular complexity index is 477. The first-order chi connectivity index (χ1) is 8.69. The average Bonchev–Trinajstić information content (AvgIpc) is 2.39. The van der Waals surface area contributed by atoms with E-state index in [0.717, 1.165) is 32.1 Å². The molecule has 0 aromatic heterocycles. The van der Waals surface area contributed by atoms with E-state index < -0.39 is 11.3 Å². The van der Waals surface area contributed by atoms with Gasteiger partial charge >= 0.3 is 0 Å². The van der Waals surface area contributed by atoms with E-state index in [-0.39, 0.29) is 5.91 Å². The first-order valence-electron chi connectivity index (χ1n) is 6.09. The highest BCUT2D eigenvalue weighted by molar-refractivity contribution is 8.02. The molecule has 4 nitrogen and oxygen atoms in total. The summed E-state index contributed by atoms with van der Waals surface area (Å²) in [5, 5.41) is 22.1. The standard InChI is InChI=1S/C13H15N3OS/c1-18-12-10(8-15)13(5-3-2-4-6-13)9(7-14)11(17)16-12/h9H,2-6H2,1H3,(H,16,17). The fraction of sp³-hybridized carbons (Fsp3) is 0.615. The molecule has 1 spiro atoms. The molecule has 0 aromatic rings. The molecule has 0 saturated heterocycles. The van der Waals surface area contributed by atoms with E-state index in [0.29, 0.717) is 10.6 Å². The monoisotopic (exact) mass is 261 g/mol. The van der Waals surface area contributed by atoms with Crippen molar-refractivity contribution in [3.63, 3.8) is 0 Å². The number of thioether (sulfide) groups is 1. The Morgan fingerprint density at radius 3 is 2.50 bits per heavy atom. The lowest BCUT2D eigenvalue weighted by atomic mass is 9.61. The number of hydrogen-bond donors (Lipinski definition) is 1. The van der Waals surface area contributed by atoms with E-state index in [1.54, 1.807) is 0 Å². The Labute approximate surface area is 111 Å². The Morgan fingerprint density at radius 1 is 1.33 bits per heavy atom. The number of hydrogen-bond acceptors (Lipinski definition) is 4. The summed E-state index contributed by atoms with van der Waals surface area (Å²) in [6.07, 6.45) is 6.47. The summed E-state index contributed by atoms with van der Waals surface area (Å²) in [4.78, 5) is 12.0. The van der Waals surface area contributed by atoms with Crippen LogP contribution < -0.4 is 5.32 Å². The van der Waals surface area contributed by atoms with Crippen LogP contribution in [0, 0.1) is 34.0 Å². The summed E-state index contributed by atoms with van der Waals surface area (Å²) in [6.45, 7) is 0. The van der Waals surface area contributed by atoms with Gasteiger partial charge in [0, 0.05) is 5.41 Å². The van der Waals surface area contributed by atoms with Gasteiger partial charge in [-0.05, 0) is 19.1 Å². The molecule has 1 atom stereocenters. The van der Waals surface area contributed by atoms with Crippen LogP contribution in [-0.4, -0.2) is 12.2 Å². The third-order valence-corrected chi connectivity index (χ3v) is 4.68. The molecule has 1 aliphatic heterocycles. The van der Waals surface area contributed by atoms with Gasteiger partial charge in [-0.3, -0.25) is 4.79 Å². The quantitative estimate of drug-likeness (QED) is 0.785. The fourth-order valence-corrected chi connectivity index (χ4v) is 3.74. The van der Waals surface area contributed by atoms with Gasteiger partial charge in [0.25, 0.3) is 0 Å². The first-order valence-corrected chi connectivity index (χ1v) is 7.31. The largest absolute Gasteiger partial charge is 0.319 e. The van der Waals surface area contributed by atoms with Gasteiger partial charge in [0.1, 0.15) is 5.92 Å². The van der Waals surface area contributed by atoms with Gasteiger partial charge in [0.05, 0.1) is 22.7 Å². The third-order valence-electron chi connectivity index (χ3n) is 3.97. The number of nitrogens with one attached hydrogen (secondary N) is 1. The molecule has 1 saturated carbocycles. The Kier molecular flexibility index (Phi) is 3.63. The zero-order valence-electron chi connectivity index (χ0n) is 10.3. The van der Waals surface area contributed by atoms with Crippen molar-refractivity contribution in [2.24, 2.45) is 11.3 Å². The van der Waals surface area contributed by atoms with E-state index in [4.69, 9.17) is 0 Å². The van der Waals surface area contributed by atoms with Gasteiger partial charge < -0.3 is 5.32 Å². The van der Waals surface area contributed by atoms with Crippen LogP contribution in [0.4, 0.5) is 0 Å². The van der Waals surface area contributed by atoms with Crippen molar-refractivity contribution >= 4 is 17.7 Å². The number of carbonyl (C=O) groups is 1. The Morgan fingerprint density at radius 2 is 2.00 bits per heavy atom. The summed E-state index contributed by atoms with van der Waals surface area (Å²) in [5.74, 6) is -0.967. The van der Waals surface area contributed by atoms with Gasteiger partial charge in [0.2, 0.25) is 5.91 Å². The maximum Gasteiger partial charge on any atom is 0.243 e. The summed E-state index contributed by atoms with van der Waals surface area (Å²) >= 11 is 1.38. The van der Waals surface area contributed by atoms with E-state index >= 15 is 0 Å². The maximum atomic E-state index is 12.0. The first kappa shape index (κ1) is 13.0. The number of nitriles is 2. The molecule has 18 heavy (non-hydrogen) atoms. The second-order valence-corrected chi connectivity index (χ2v) is 5.60. The molecule has 1 unspecified atom stereocenters. The summed E-state index contributed by atoms with van der Waals surface area (Å²) < 4.78 is 0. The van der Waals surface area contributed by atoms with Crippen LogP contribution in [0.15, 0.2) is 10.6 Å². The van der Waals surface area contributed by atoms with Gasteiger partial charge in [-0.25, -0.2) is 0 Å². The SMILES string of the molecule is CSC1=C(C#N)C2(CCCCC2)C(C#N)C(=O)N1. The molecule has 1 heterocycles. The van der Waals surface area contributed by atoms with Crippen molar-refractivity contribution < 1.29 is 4.79 Å². The smallest absolute Gasteiger partial charge is 0.243 e. The molecular weight excluding hydrogens is 246 g/mol. The number of rotatable bonds is 1. The van der Waals surface area contributed by atoms with Gasteiger partial charge in [-0.15, -0.1) is 11.8 Å². The van der Waals surface area contributed by atoms with Crippen LogP contribution >= 0.6 is 11.8 Å². The topological polar surface area (TPSA) is 76.7 Å². The van der Waals surface area contributed by atoms with Crippen LogP contribution in [0.25, 0.3) is 0 Å². The minimum absolute atomic E-state index is 0.247. The molecular formula is C13H15N3OS. The molecule has 2 aliphatic rings. The van der Waals surface area contributed by atoms with E-state index in [1.807, 2.05) is 6.26 Å². The highest BCUT2D eigenvalue weighted by atomic mass is 32.2. The molecule has 1 amide bonds. The van der Waals surface area contributed by atoms with E-state index in [9.17, 15) is 15.3 Å². The lowest BCUT2D eigenvalue weighted by Crippen LogP contribution is -2.48. The average molecular weight is 261 g/mol. The van der Waals surface area contributed by atoms with Gasteiger partial charge in [-0.1, -0.05) is 19.3 Å². The normalized spacial score (nSPS) is 26.4. The van der Waals surface area contributed by atoms with Crippen LogP contribution in [0.2, 0.25) is 0 Å². The predicted octanol–water partition coefficient (Wildman–Crippen LogP) is 2.30.